The summed E-state index contributed by atoms with van der Waals surface area (Å²) in [5.74, 6) is -0.166. The molecule has 3 aromatic rings. The van der Waals surface area contributed by atoms with Crippen LogP contribution in [0.3, 0.4) is 0 Å². The molecule has 4 rings (SSSR count). The fraction of sp³-hybridized carbons (Fsp3) is 0.240. The molecule has 1 aromatic heterocycles. The molecule has 1 aliphatic heterocycles. The number of carbonyl (C=O) groups is 3. The smallest absolute Gasteiger partial charge is 0.261 e. The highest BCUT2D eigenvalue weighted by molar-refractivity contribution is 7.12. The van der Waals surface area contributed by atoms with Gasteiger partial charge in [-0.2, -0.15) is 0 Å². The van der Waals surface area contributed by atoms with E-state index in [0.29, 0.717) is 49.7 Å². The van der Waals surface area contributed by atoms with Crippen molar-refractivity contribution in [3.05, 3.63) is 88.1 Å². The van der Waals surface area contributed by atoms with E-state index < -0.39 is 0 Å². The van der Waals surface area contributed by atoms with E-state index >= 15 is 0 Å². The van der Waals surface area contributed by atoms with Gasteiger partial charge in [0, 0.05) is 44.0 Å². The summed E-state index contributed by atoms with van der Waals surface area (Å²) in [6, 6.07) is 20.4. The molecule has 0 spiro atoms. The van der Waals surface area contributed by atoms with Crippen LogP contribution < -0.4 is 10.6 Å². The van der Waals surface area contributed by atoms with Crippen molar-refractivity contribution >= 4 is 34.7 Å². The number of hydrogen-bond donors (Lipinski definition) is 2. The molecule has 0 saturated carbocycles. The van der Waals surface area contributed by atoms with E-state index in [1.807, 2.05) is 58.8 Å². The Labute approximate surface area is 197 Å². The first-order valence-corrected chi connectivity index (χ1v) is 11.7. The molecule has 1 saturated heterocycles. The molecule has 8 heteroatoms. The number of anilines is 1. The van der Waals surface area contributed by atoms with Crippen LogP contribution in [0.25, 0.3) is 0 Å². The van der Waals surface area contributed by atoms with Crippen LogP contribution in [0.2, 0.25) is 0 Å². The van der Waals surface area contributed by atoms with Crippen molar-refractivity contribution in [1.29, 1.82) is 0 Å². The zero-order valence-corrected chi connectivity index (χ0v) is 19.0. The lowest BCUT2D eigenvalue weighted by Gasteiger charge is -2.34. The van der Waals surface area contributed by atoms with Gasteiger partial charge < -0.3 is 15.5 Å². The molecule has 0 radical (unpaired) electrons. The minimum Gasteiger partial charge on any atom is -0.347 e. The standard InChI is InChI=1S/C25H26N4O3S/c30-23(27-21-5-2-1-3-6-21)18-28-12-14-29(15-13-28)25(32)20-10-8-19(9-11-20)17-26-24(31)22-7-4-16-33-22/h1-11,16H,12-15,17-18H2,(H,26,31)(H,27,30). The summed E-state index contributed by atoms with van der Waals surface area (Å²) in [4.78, 5) is 41.7. The number of nitrogens with one attached hydrogen (secondary N) is 2. The molecule has 170 valence electrons. The molecular weight excluding hydrogens is 436 g/mol. The van der Waals surface area contributed by atoms with Crippen LogP contribution in [-0.2, 0) is 11.3 Å². The monoisotopic (exact) mass is 462 g/mol. The number of hydrogen-bond acceptors (Lipinski definition) is 5. The topological polar surface area (TPSA) is 81.8 Å². The zero-order chi connectivity index (χ0) is 23.0. The van der Waals surface area contributed by atoms with Gasteiger partial charge in [0.15, 0.2) is 0 Å². The lowest BCUT2D eigenvalue weighted by Crippen LogP contribution is -2.50. The summed E-state index contributed by atoms with van der Waals surface area (Å²) in [5.41, 5.74) is 2.34. The molecule has 2 heterocycles. The molecule has 7 nitrogen and oxygen atoms in total. The van der Waals surface area contributed by atoms with Gasteiger partial charge >= 0.3 is 0 Å². The predicted molar refractivity (Wildman–Crippen MR) is 129 cm³/mol. The normalized spacial score (nSPS) is 14.0. The Hall–Kier alpha value is -3.49. The van der Waals surface area contributed by atoms with Gasteiger partial charge in [-0.3, -0.25) is 19.3 Å². The van der Waals surface area contributed by atoms with E-state index in [-0.39, 0.29) is 17.7 Å². The highest BCUT2D eigenvalue weighted by Gasteiger charge is 2.23. The lowest BCUT2D eigenvalue weighted by atomic mass is 10.1. The highest BCUT2D eigenvalue weighted by Crippen LogP contribution is 2.12. The molecule has 2 N–H and O–H groups in total. The zero-order valence-electron chi connectivity index (χ0n) is 18.2. The number of amides is 3. The third-order valence-corrected chi connectivity index (χ3v) is 6.35. The number of thiophene rings is 1. The van der Waals surface area contributed by atoms with Crippen molar-refractivity contribution in [3.63, 3.8) is 0 Å². The Morgan fingerprint density at radius 3 is 2.24 bits per heavy atom. The molecule has 2 aromatic carbocycles. The molecule has 3 amide bonds. The van der Waals surface area contributed by atoms with Crippen LogP contribution in [0.15, 0.2) is 72.1 Å². The summed E-state index contributed by atoms with van der Waals surface area (Å²) in [6.45, 7) is 3.19. The van der Waals surface area contributed by atoms with Crippen LogP contribution in [0.1, 0.15) is 25.6 Å². The summed E-state index contributed by atoms with van der Waals surface area (Å²) in [7, 11) is 0. The maximum absolute atomic E-state index is 12.9. The van der Waals surface area contributed by atoms with Crippen LogP contribution in [-0.4, -0.2) is 60.2 Å². The summed E-state index contributed by atoms with van der Waals surface area (Å²) in [6.07, 6.45) is 0. The first-order chi connectivity index (χ1) is 16.1. The second kappa shape index (κ2) is 10.9. The van der Waals surface area contributed by atoms with Gasteiger partial charge in [-0.15, -0.1) is 11.3 Å². The first kappa shape index (κ1) is 22.7. The number of benzene rings is 2. The minimum atomic E-state index is -0.0968. The number of carbonyl (C=O) groups excluding carboxylic acids is 3. The maximum atomic E-state index is 12.9. The average molecular weight is 463 g/mol. The lowest BCUT2D eigenvalue weighted by molar-refractivity contribution is -0.117. The van der Waals surface area contributed by atoms with E-state index in [2.05, 4.69) is 15.5 Å². The van der Waals surface area contributed by atoms with Gasteiger partial charge in [0.05, 0.1) is 11.4 Å². The van der Waals surface area contributed by atoms with Crippen LogP contribution in [0, 0.1) is 0 Å². The number of para-hydroxylation sites is 1. The van der Waals surface area contributed by atoms with Gasteiger partial charge in [0.25, 0.3) is 11.8 Å². The summed E-state index contributed by atoms with van der Waals surface area (Å²) in [5, 5.41) is 7.65. The van der Waals surface area contributed by atoms with Crippen molar-refractivity contribution in [1.82, 2.24) is 15.1 Å². The van der Waals surface area contributed by atoms with Gasteiger partial charge in [0.2, 0.25) is 5.91 Å². The quantitative estimate of drug-likeness (QED) is 0.566. The van der Waals surface area contributed by atoms with E-state index in [0.717, 1.165) is 11.3 Å². The fourth-order valence-electron chi connectivity index (χ4n) is 3.66. The maximum Gasteiger partial charge on any atom is 0.261 e. The second-order valence-corrected chi connectivity index (χ2v) is 8.79. The molecule has 0 unspecified atom stereocenters. The Balaban J connectivity index is 1.22. The van der Waals surface area contributed by atoms with Crippen LogP contribution in [0.4, 0.5) is 5.69 Å². The molecule has 1 aliphatic rings. The molecule has 1 fully saturated rings. The van der Waals surface area contributed by atoms with E-state index in [9.17, 15) is 14.4 Å². The second-order valence-electron chi connectivity index (χ2n) is 7.84. The van der Waals surface area contributed by atoms with Crippen molar-refractivity contribution in [2.24, 2.45) is 0 Å². The molecule has 0 bridgehead atoms. The van der Waals surface area contributed by atoms with Crippen molar-refractivity contribution in [2.75, 3.05) is 38.0 Å². The van der Waals surface area contributed by atoms with Crippen molar-refractivity contribution < 1.29 is 14.4 Å². The van der Waals surface area contributed by atoms with E-state index in [1.54, 1.807) is 18.2 Å². The average Bonchev–Trinajstić information content (AvgIpc) is 3.39. The number of piperazine rings is 1. The highest BCUT2D eigenvalue weighted by atomic mass is 32.1. The molecule has 0 atom stereocenters. The Kier molecular flexibility index (Phi) is 7.49. The van der Waals surface area contributed by atoms with Gasteiger partial charge in [-0.25, -0.2) is 0 Å². The Morgan fingerprint density at radius 2 is 1.58 bits per heavy atom. The Morgan fingerprint density at radius 1 is 0.848 bits per heavy atom. The molecular formula is C25H26N4O3S. The fourth-order valence-corrected chi connectivity index (χ4v) is 4.30. The molecule has 33 heavy (non-hydrogen) atoms. The van der Waals surface area contributed by atoms with Crippen LogP contribution >= 0.6 is 11.3 Å². The van der Waals surface area contributed by atoms with Gasteiger partial charge in [0.1, 0.15) is 0 Å². The minimum absolute atomic E-state index is 0.0161. The first-order valence-electron chi connectivity index (χ1n) is 10.9. The largest absolute Gasteiger partial charge is 0.347 e. The number of rotatable bonds is 7. The van der Waals surface area contributed by atoms with Crippen LogP contribution in [0.5, 0.6) is 0 Å². The summed E-state index contributed by atoms with van der Waals surface area (Å²) < 4.78 is 0. The SMILES string of the molecule is O=C(CN1CCN(C(=O)c2ccc(CNC(=O)c3cccs3)cc2)CC1)Nc1ccccc1. The van der Waals surface area contributed by atoms with E-state index in [1.165, 1.54) is 11.3 Å². The third-order valence-electron chi connectivity index (χ3n) is 5.48. The van der Waals surface area contributed by atoms with Gasteiger partial charge in [-0.1, -0.05) is 36.4 Å². The van der Waals surface area contributed by atoms with Crippen molar-refractivity contribution in [2.45, 2.75) is 6.54 Å². The van der Waals surface area contributed by atoms with Gasteiger partial charge in [-0.05, 0) is 41.3 Å². The third kappa shape index (κ3) is 6.27. The Bertz CT molecular complexity index is 1080. The summed E-state index contributed by atoms with van der Waals surface area (Å²) >= 11 is 1.40. The number of nitrogens with zero attached hydrogens (tertiary/aromatic N) is 2. The van der Waals surface area contributed by atoms with E-state index in [4.69, 9.17) is 0 Å². The predicted octanol–water partition coefficient (Wildman–Crippen LogP) is 3.07. The molecule has 0 aliphatic carbocycles. The van der Waals surface area contributed by atoms with Crippen molar-refractivity contribution in [3.8, 4) is 0 Å².